The molecule has 0 heteroatoms. The van der Waals surface area contributed by atoms with E-state index in [9.17, 15) is 0 Å². The smallest absolute Gasteiger partial charge is 0.0323 e. The quantitative estimate of drug-likeness (QED) is 0.363. The maximum Gasteiger partial charge on any atom is -0.0323 e. The van der Waals surface area contributed by atoms with E-state index in [2.05, 4.69) is 33.8 Å². The van der Waals surface area contributed by atoms with Crippen LogP contribution >= 0.6 is 0 Å². The second kappa shape index (κ2) is 9.30. The topological polar surface area (TPSA) is 0 Å². The monoisotopic (exact) mass is 196 g/mol. The summed E-state index contributed by atoms with van der Waals surface area (Å²) in [5, 5.41) is 0. The number of hydrogen-bond donors (Lipinski definition) is 0. The first-order chi connectivity index (χ1) is 6.74. The molecule has 0 bridgehead atoms. The van der Waals surface area contributed by atoms with Crippen molar-refractivity contribution in [1.29, 1.82) is 0 Å². The van der Waals surface area contributed by atoms with Gasteiger partial charge in [-0.2, -0.15) is 0 Å². The molecule has 0 N–H and O–H groups in total. The molecular weight excluding hydrogens is 168 g/mol. The molecule has 0 heterocycles. The third kappa shape index (κ3) is 7.17. The van der Waals surface area contributed by atoms with E-state index in [4.69, 9.17) is 0 Å². The third-order valence-electron chi connectivity index (χ3n) is 3.06. The van der Waals surface area contributed by atoms with E-state index in [1.165, 1.54) is 44.9 Å². The third-order valence-corrected chi connectivity index (χ3v) is 3.06. The van der Waals surface area contributed by atoms with E-state index in [-0.39, 0.29) is 0 Å². The Bertz CT molecular complexity index is 144. The van der Waals surface area contributed by atoms with Crippen LogP contribution in [0, 0.1) is 5.92 Å². The normalized spacial score (nSPS) is 14.4. The van der Waals surface area contributed by atoms with Gasteiger partial charge in [0.15, 0.2) is 0 Å². The Labute approximate surface area is 90.8 Å². The maximum atomic E-state index is 2.48. The molecular formula is C14H28. The highest BCUT2D eigenvalue weighted by Gasteiger charge is 1.97. The highest BCUT2D eigenvalue weighted by Crippen LogP contribution is 2.15. The molecule has 1 atom stereocenters. The van der Waals surface area contributed by atoms with E-state index in [0.717, 1.165) is 5.92 Å². The van der Waals surface area contributed by atoms with Crippen molar-refractivity contribution >= 4 is 0 Å². The van der Waals surface area contributed by atoms with Crippen molar-refractivity contribution in [3.05, 3.63) is 11.6 Å². The molecule has 0 amide bonds. The number of rotatable bonds is 8. The molecule has 0 aliphatic rings. The lowest BCUT2D eigenvalue weighted by molar-refractivity contribution is 0.497. The van der Waals surface area contributed by atoms with E-state index >= 15 is 0 Å². The van der Waals surface area contributed by atoms with Gasteiger partial charge < -0.3 is 0 Å². The van der Waals surface area contributed by atoms with Crippen molar-refractivity contribution in [3.8, 4) is 0 Å². The summed E-state index contributed by atoms with van der Waals surface area (Å²) >= 11 is 0. The summed E-state index contributed by atoms with van der Waals surface area (Å²) in [5.74, 6) is 0.916. The zero-order valence-electron chi connectivity index (χ0n) is 10.6. The van der Waals surface area contributed by atoms with Crippen LogP contribution in [-0.4, -0.2) is 0 Å². The predicted molar refractivity (Wildman–Crippen MR) is 66.6 cm³/mol. The fourth-order valence-electron chi connectivity index (χ4n) is 1.72. The average molecular weight is 196 g/mol. The van der Waals surface area contributed by atoms with E-state index in [1.54, 1.807) is 5.57 Å². The van der Waals surface area contributed by atoms with Gasteiger partial charge in [0, 0.05) is 0 Å². The Morgan fingerprint density at radius 3 is 2.43 bits per heavy atom. The highest BCUT2D eigenvalue weighted by atomic mass is 14.0. The summed E-state index contributed by atoms with van der Waals surface area (Å²) in [6, 6.07) is 0. The second-order valence-electron chi connectivity index (χ2n) is 4.41. The average Bonchev–Trinajstić information content (AvgIpc) is 2.22. The van der Waals surface area contributed by atoms with Crippen LogP contribution in [0.15, 0.2) is 11.6 Å². The number of hydrogen-bond acceptors (Lipinski definition) is 0. The van der Waals surface area contributed by atoms with Gasteiger partial charge in [0.1, 0.15) is 0 Å². The molecule has 0 radical (unpaired) electrons. The molecule has 0 aliphatic carbocycles. The van der Waals surface area contributed by atoms with Crippen molar-refractivity contribution in [2.24, 2.45) is 5.92 Å². The fraction of sp³-hybridized carbons (Fsp3) is 0.857. The van der Waals surface area contributed by atoms with Gasteiger partial charge in [0.2, 0.25) is 0 Å². The fourth-order valence-corrected chi connectivity index (χ4v) is 1.72. The summed E-state index contributed by atoms with van der Waals surface area (Å²) in [7, 11) is 0. The Morgan fingerprint density at radius 1 is 1.21 bits per heavy atom. The summed E-state index contributed by atoms with van der Waals surface area (Å²) in [4.78, 5) is 0. The summed E-state index contributed by atoms with van der Waals surface area (Å²) in [6.45, 7) is 9.18. The zero-order valence-corrected chi connectivity index (χ0v) is 10.6. The lowest BCUT2D eigenvalue weighted by Gasteiger charge is -2.07. The van der Waals surface area contributed by atoms with E-state index in [1.807, 2.05) is 0 Å². The van der Waals surface area contributed by atoms with Crippen molar-refractivity contribution in [2.75, 3.05) is 0 Å². The Kier molecular flexibility index (Phi) is 9.13. The molecule has 0 saturated heterocycles. The largest absolute Gasteiger partial charge is 0.0853 e. The molecule has 0 saturated carbocycles. The first-order valence-corrected chi connectivity index (χ1v) is 6.42. The molecule has 0 aliphatic heterocycles. The van der Waals surface area contributed by atoms with Crippen LogP contribution in [0.1, 0.15) is 72.6 Å². The van der Waals surface area contributed by atoms with Gasteiger partial charge in [-0.05, 0) is 31.6 Å². The molecule has 0 spiro atoms. The molecule has 0 aromatic rings. The van der Waals surface area contributed by atoms with Gasteiger partial charge in [-0.15, -0.1) is 0 Å². The molecule has 0 fully saturated rings. The van der Waals surface area contributed by atoms with Crippen molar-refractivity contribution in [3.63, 3.8) is 0 Å². The summed E-state index contributed by atoms with van der Waals surface area (Å²) in [5.41, 5.74) is 1.66. The maximum absolute atomic E-state index is 2.48. The van der Waals surface area contributed by atoms with Gasteiger partial charge >= 0.3 is 0 Å². The first-order valence-electron chi connectivity index (χ1n) is 6.42. The molecule has 0 aromatic carbocycles. The molecule has 1 unspecified atom stereocenters. The Morgan fingerprint density at radius 2 is 1.93 bits per heavy atom. The van der Waals surface area contributed by atoms with Crippen LogP contribution < -0.4 is 0 Å². The van der Waals surface area contributed by atoms with Gasteiger partial charge in [0.05, 0.1) is 0 Å². The van der Waals surface area contributed by atoms with Gasteiger partial charge in [-0.1, -0.05) is 58.6 Å². The molecule has 0 aromatic heterocycles. The standard InChI is InChI=1S/C14H28/c1-5-10-14(7-3)12-9-8-11-13(4)6-2/h12-13H,5-11H2,1-4H3. The van der Waals surface area contributed by atoms with Crippen LogP contribution in [0.4, 0.5) is 0 Å². The first kappa shape index (κ1) is 13.7. The zero-order chi connectivity index (χ0) is 10.8. The van der Waals surface area contributed by atoms with Crippen LogP contribution in [-0.2, 0) is 0 Å². The van der Waals surface area contributed by atoms with Crippen LogP contribution in [0.25, 0.3) is 0 Å². The lowest BCUT2D eigenvalue weighted by Crippen LogP contribution is -1.91. The molecule has 84 valence electrons. The van der Waals surface area contributed by atoms with Gasteiger partial charge in [0.25, 0.3) is 0 Å². The lowest BCUT2D eigenvalue weighted by atomic mass is 10.00. The SMILES string of the molecule is CCCC(=CCCCC(C)CC)CC. The summed E-state index contributed by atoms with van der Waals surface area (Å²) in [6.07, 6.45) is 11.7. The van der Waals surface area contributed by atoms with Crippen LogP contribution in [0.3, 0.4) is 0 Å². The van der Waals surface area contributed by atoms with Gasteiger partial charge in [-0.3, -0.25) is 0 Å². The Balaban J connectivity index is 3.57. The minimum atomic E-state index is 0.916. The van der Waals surface area contributed by atoms with Crippen molar-refractivity contribution < 1.29 is 0 Å². The predicted octanol–water partition coefficient (Wildman–Crippen LogP) is 5.34. The van der Waals surface area contributed by atoms with E-state index < -0.39 is 0 Å². The highest BCUT2D eigenvalue weighted by molar-refractivity contribution is 5.00. The number of unbranched alkanes of at least 4 members (excludes halogenated alkanes) is 1. The molecule has 14 heavy (non-hydrogen) atoms. The van der Waals surface area contributed by atoms with Crippen LogP contribution in [0.2, 0.25) is 0 Å². The second-order valence-corrected chi connectivity index (χ2v) is 4.41. The minimum Gasteiger partial charge on any atom is -0.0853 e. The molecule has 0 nitrogen and oxygen atoms in total. The van der Waals surface area contributed by atoms with E-state index in [0.29, 0.717) is 0 Å². The van der Waals surface area contributed by atoms with Crippen molar-refractivity contribution in [2.45, 2.75) is 72.6 Å². The molecule has 0 rings (SSSR count). The Hall–Kier alpha value is -0.260. The minimum absolute atomic E-state index is 0.916. The summed E-state index contributed by atoms with van der Waals surface area (Å²) < 4.78 is 0. The van der Waals surface area contributed by atoms with Crippen molar-refractivity contribution in [1.82, 2.24) is 0 Å². The van der Waals surface area contributed by atoms with Gasteiger partial charge in [-0.25, -0.2) is 0 Å². The number of allylic oxidation sites excluding steroid dienone is 2. The van der Waals surface area contributed by atoms with Crippen LogP contribution in [0.5, 0.6) is 0 Å².